The molecular formula is C88H67N3O2. The van der Waals surface area contributed by atoms with Crippen molar-refractivity contribution in [2.45, 2.75) is 57.8 Å². The third kappa shape index (κ3) is 9.08. The molecule has 3 aromatic heterocycles. The van der Waals surface area contributed by atoms with Crippen molar-refractivity contribution in [3.05, 3.63) is 331 Å². The number of rotatable bonds is 10. The molecule has 13 aromatic carbocycles. The van der Waals surface area contributed by atoms with Crippen LogP contribution in [0.3, 0.4) is 0 Å². The van der Waals surface area contributed by atoms with Crippen molar-refractivity contribution in [2.24, 2.45) is 0 Å². The number of hydrogen-bond acceptors (Lipinski definition) is 5. The summed E-state index contributed by atoms with van der Waals surface area (Å²) in [6, 6.07) is 107. The molecule has 16 aromatic rings. The molecule has 0 amide bonds. The molecule has 1 aliphatic rings. The highest BCUT2D eigenvalue weighted by Gasteiger charge is 2.50. The van der Waals surface area contributed by atoms with Gasteiger partial charge in [0.25, 0.3) is 0 Å². The summed E-state index contributed by atoms with van der Waals surface area (Å²) >= 11 is 0. The van der Waals surface area contributed by atoms with Gasteiger partial charge in [0.2, 0.25) is 0 Å². The molecule has 5 nitrogen and oxygen atoms in total. The van der Waals surface area contributed by atoms with Gasteiger partial charge in [-0.1, -0.05) is 254 Å². The second-order valence-electron chi connectivity index (χ2n) is 27.1. The van der Waals surface area contributed by atoms with Crippen molar-refractivity contribution in [3.63, 3.8) is 0 Å². The Balaban J connectivity index is 0.980. The lowest BCUT2D eigenvalue weighted by atomic mass is 9.67. The van der Waals surface area contributed by atoms with Gasteiger partial charge in [-0.2, -0.15) is 0 Å². The highest BCUT2D eigenvalue weighted by atomic mass is 16.3. The van der Waals surface area contributed by atoms with E-state index in [1.54, 1.807) is 0 Å². The minimum absolute atomic E-state index is 0.0620. The van der Waals surface area contributed by atoms with E-state index in [1.165, 1.54) is 32.7 Å². The number of hydrogen-bond donors (Lipinski definition) is 0. The number of pyridine rings is 1. The maximum Gasteiger partial charge on any atom is 0.160 e. The van der Waals surface area contributed by atoms with Gasteiger partial charge in [0.15, 0.2) is 5.58 Å². The normalized spacial score (nSPS) is 12.9. The summed E-state index contributed by atoms with van der Waals surface area (Å²) in [6.07, 6.45) is 2.04. The van der Waals surface area contributed by atoms with E-state index in [-0.39, 0.29) is 10.8 Å². The first-order chi connectivity index (χ1) is 45.4. The number of fused-ring (bicyclic) bond motifs is 13. The molecule has 0 unspecified atom stereocenters. The number of furan rings is 2. The Hall–Kier alpha value is -11.3. The van der Waals surface area contributed by atoms with Crippen molar-refractivity contribution in [3.8, 4) is 33.4 Å². The Kier molecular flexibility index (Phi) is 12.9. The highest BCUT2D eigenvalue weighted by Crippen LogP contribution is 2.64. The molecule has 17 rings (SSSR count). The highest BCUT2D eigenvalue weighted by molar-refractivity contribution is 6.26. The number of nitrogens with zero attached hydrogens (tertiary/aromatic N) is 3. The number of para-hydroxylation sites is 2. The third-order valence-corrected chi connectivity index (χ3v) is 19.5. The van der Waals surface area contributed by atoms with E-state index >= 15 is 0 Å². The second-order valence-corrected chi connectivity index (χ2v) is 27.1. The zero-order valence-corrected chi connectivity index (χ0v) is 52.9. The lowest BCUT2D eigenvalue weighted by molar-refractivity contribution is 0.587. The van der Waals surface area contributed by atoms with Crippen LogP contribution in [0.1, 0.15) is 74.9 Å². The molecule has 0 fully saturated rings. The Morgan fingerprint density at radius 3 is 1.29 bits per heavy atom. The second kappa shape index (κ2) is 21.4. The largest absolute Gasteiger partial charge is 0.455 e. The SMILES string of the molecule is CC(C)(C)c1ccc(N(c2ccc(-c3ccc4ccccc4c3)cc2)c2cc3c(c4oc5ccccc5c24)-c2c(cc(N(c4ccc(-c5ccc6ccccc6c5)cc4)c4ccc(C(C)(C)C)cn4)c4oc5ccccc5c24)C3(c2ccccc2)c2ccccc2)cc1. The van der Waals surface area contributed by atoms with E-state index in [1.807, 2.05) is 6.20 Å². The van der Waals surface area contributed by atoms with Gasteiger partial charge in [-0.3, -0.25) is 4.90 Å². The third-order valence-electron chi connectivity index (χ3n) is 19.5. The fourth-order valence-electron chi connectivity index (χ4n) is 14.8. The molecule has 0 saturated carbocycles. The van der Waals surface area contributed by atoms with Crippen LogP contribution in [0, 0.1) is 0 Å². The standard InChI is InChI=1S/C88H67N3O2/c1-86(2,3)64-41-48-69(49-42-64)90(68-44-37-58(38-45-68)62-35-33-56-21-13-15-23-60(56)51-62)75-53-74-83(85-80(75)71-29-17-19-31-77(71)93-85)82-73(88(74,65-25-9-7-10-26-65)66-27-11-8-12-28-66)54-76(84-81(82)72-30-18-20-32-78(72)92-84)91(79-50-43-67(55-89-79)87(4,5)6)70-46-39-59(40-47-70)63-36-34-57-22-14-16-24-61(57)52-63/h7-55H,1-6H3. The Morgan fingerprint density at radius 2 is 0.763 bits per heavy atom. The van der Waals surface area contributed by atoms with E-state index in [9.17, 15) is 0 Å². The van der Waals surface area contributed by atoms with Gasteiger partial charge in [-0.15, -0.1) is 0 Å². The average molecular weight is 1200 g/mol. The molecule has 0 saturated heterocycles. The molecule has 3 heterocycles. The Morgan fingerprint density at radius 1 is 0.333 bits per heavy atom. The molecule has 0 atom stereocenters. The Bertz CT molecular complexity index is 5520. The number of anilines is 6. The van der Waals surface area contributed by atoms with Crippen LogP contribution < -0.4 is 9.80 Å². The van der Waals surface area contributed by atoms with Crippen LogP contribution in [-0.4, -0.2) is 4.98 Å². The lowest BCUT2D eigenvalue weighted by Gasteiger charge is -2.36. The zero-order chi connectivity index (χ0) is 62.7. The van der Waals surface area contributed by atoms with Crippen molar-refractivity contribution in [1.82, 2.24) is 4.98 Å². The molecule has 0 spiro atoms. The van der Waals surface area contributed by atoms with Crippen molar-refractivity contribution >= 4 is 99.7 Å². The quantitative estimate of drug-likeness (QED) is 0.137. The van der Waals surface area contributed by atoms with Gasteiger partial charge in [0.1, 0.15) is 22.6 Å². The van der Waals surface area contributed by atoms with E-state index < -0.39 is 5.41 Å². The first-order valence-electron chi connectivity index (χ1n) is 32.3. The molecule has 5 heteroatoms. The van der Waals surface area contributed by atoms with Gasteiger partial charge >= 0.3 is 0 Å². The first-order valence-corrected chi connectivity index (χ1v) is 32.3. The van der Waals surface area contributed by atoms with Gasteiger partial charge in [0, 0.05) is 50.5 Å². The summed E-state index contributed by atoms with van der Waals surface area (Å²) in [5.41, 5.74) is 20.4. The summed E-state index contributed by atoms with van der Waals surface area (Å²) in [7, 11) is 0. The fraction of sp³-hybridized carbons (Fsp3) is 0.102. The maximum absolute atomic E-state index is 7.64. The molecule has 93 heavy (non-hydrogen) atoms. The molecule has 0 bridgehead atoms. The van der Waals surface area contributed by atoms with Crippen LogP contribution >= 0.6 is 0 Å². The molecule has 446 valence electrons. The molecule has 0 N–H and O–H groups in total. The summed E-state index contributed by atoms with van der Waals surface area (Å²) in [5, 5.41) is 8.92. The monoisotopic (exact) mass is 1200 g/mol. The van der Waals surface area contributed by atoms with Crippen LogP contribution in [0.15, 0.2) is 306 Å². The summed E-state index contributed by atoms with van der Waals surface area (Å²) in [5.74, 6) is 0.769. The van der Waals surface area contributed by atoms with E-state index in [0.717, 1.165) is 134 Å². The summed E-state index contributed by atoms with van der Waals surface area (Å²) in [6.45, 7) is 13.6. The van der Waals surface area contributed by atoms with Crippen LogP contribution in [0.2, 0.25) is 0 Å². The maximum atomic E-state index is 7.64. The topological polar surface area (TPSA) is 45.7 Å². The van der Waals surface area contributed by atoms with E-state index in [2.05, 4.69) is 343 Å². The van der Waals surface area contributed by atoms with E-state index in [4.69, 9.17) is 13.8 Å². The Labute approximate surface area is 542 Å². The molecular weight excluding hydrogens is 1130 g/mol. The van der Waals surface area contributed by atoms with E-state index in [0.29, 0.717) is 0 Å². The predicted molar refractivity (Wildman–Crippen MR) is 389 cm³/mol. The van der Waals surface area contributed by atoms with Crippen LogP contribution in [0.25, 0.3) is 98.8 Å². The van der Waals surface area contributed by atoms with Gasteiger partial charge in [-0.05, 0) is 167 Å². The van der Waals surface area contributed by atoms with Gasteiger partial charge in [0.05, 0.1) is 22.2 Å². The first kappa shape index (κ1) is 55.8. The summed E-state index contributed by atoms with van der Waals surface area (Å²) < 4.78 is 15.1. The van der Waals surface area contributed by atoms with Gasteiger partial charge < -0.3 is 13.7 Å². The molecule has 1 aliphatic carbocycles. The van der Waals surface area contributed by atoms with Crippen LogP contribution in [0.4, 0.5) is 34.3 Å². The van der Waals surface area contributed by atoms with Gasteiger partial charge in [-0.25, -0.2) is 4.98 Å². The van der Waals surface area contributed by atoms with Crippen LogP contribution in [-0.2, 0) is 16.2 Å². The van der Waals surface area contributed by atoms with Crippen LogP contribution in [0.5, 0.6) is 0 Å². The van der Waals surface area contributed by atoms with Crippen molar-refractivity contribution in [2.75, 3.05) is 9.80 Å². The smallest absolute Gasteiger partial charge is 0.160 e. The summed E-state index contributed by atoms with van der Waals surface area (Å²) in [4.78, 5) is 10.2. The average Bonchev–Trinajstić information content (AvgIpc) is 1.51. The lowest BCUT2D eigenvalue weighted by Crippen LogP contribution is -2.29. The van der Waals surface area contributed by atoms with Crippen molar-refractivity contribution < 1.29 is 8.83 Å². The van der Waals surface area contributed by atoms with Crippen molar-refractivity contribution in [1.29, 1.82) is 0 Å². The fourth-order valence-corrected chi connectivity index (χ4v) is 14.8. The molecule has 0 aliphatic heterocycles. The zero-order valence-electron chi connectivity index (χ0n) is 52.9. The number of benzene rings is 13. The minimum Gasteiger partial charge on any atom is -0.455 e. The predicted octanol–water partition coefficient (Wildman–Crippen LogP) is 24.4. The molecule has 0 radical (unpaired) electrons. The number of aromatic nitrogens is 1. The minimum atomic E-state index is -0.951.